The first-order valence-corrected chi connectivity index (χ1v) is 1.92. The van der Waals surface area contributed by atoms with Crippen LogP contribution in [0.4, 0.5) is 5.95 Å². The van der Waals surface area contributed by atoms with Gasteiger partial charge in [0, 0.05) is 12.4 Å². The van der Waals surface area contributed by atoms with E-state index in [4.69, 9.17) is 5.73 Å². The standard InChI is InChI=1S/C4H5N3.Li.H/c5-4-6-2-1-3-7-4;;/h1-3H,(H2,5,6,7);;. The van der Waals surface area contributed by atoms with Crippen LogP contribution in [-0.4, -0.2) is 28.8 Å². The Labute approximate surface area is 59.5 Å². The molecule has 1 rings (SSSR count). The Morgan fingerprint density at radius 2 is 1.75 bits per heavy atom. The fourth-order valence-electron chi connectivity index (χ4n) is 0.311. The van der Waals surface area contributed by atoms with E-state index in [0.717, 1.165) is 0 Å². The molecule has 38 valence electrons. The summed E-state index contributed by atoms with van der Waals surface area (Å²) in [6.45, 7) is 0. The van der Waals surface area contributed by atoms with Gasteiger partial charge in [-0.2, -0.15) is 0 Å². The Balaban J connectivity index is 0.000000490. The van der Waals surface area contributed by atoms with Crippen LogP contribution in [0.15, 0.2) is 18.5 Å². The molecule has 0 unspecified atom stereocenters. The first-order chi connectivity index (χ1) is 3.39. The van der Waals surface area contributed by atoms with Gasteiger partial charge in [-0.25, -0.2) is 9.97 Å². The van der Waals surface area contributed by atoms with Gasteiger partial charge in [0.05, 0.1) is 0 Å². The Kier molecular flexibility index (Phi) is 3.25. The molecular weight excluding hydrogens is 97.0 g/mol. The second-order valence-electron chi connectivity index (χ2n) is 1.11. The Morgan fingerprint density at radius 3 is 2.00 bits per heavy atom. The number of nitrogens with zero attached hydrogens (tertiary/aromatic N) is 2. The summed E-state index contributed by atoms with van der Waals surface area (Å²) in [6, 6.07) is 1.72. The molecule has 0 atom stereocenters. The van der Waals surface area contributed by atoms with Gasteiger partial charge in [-0.05, 0) is 6.07 Å². The predicted molar refractivity (Wildman–Crippen MR) is 33.6 cm³/mol. The molecule has 0 spiro atoms. The monoisotopic (exact) mass is 103 g/mol. The van der Waals surface area contributed by atoms with Crippen LogP contribution >= 0.6 is 0 Å². The van der Waals surface area contributed by atoms with Crippen LogP contribution in [0.25, 0.3) is 0 Å². The fraction of sp³-hybridized carbons (Fsp3) is 0. The van der Waals surface area contributed by atoms with Crippen LogP contribution in [-0.2, 0) is 0 Å². The molecule has 8 heavy (non-hydrogen) atoms. The zero-order valence-corrected chi connectivity index (χ0v) is 3.70. The van der Waals surface area contributed by atoms with Gasteiger partial charge in [0.1, 0.15) is 0 Å². The first-order valence-electron chi connectivity index (χ1n) is 1.92. The van der Waals surface area contributed by atoms with E-state index in [-0.39, 0.29) is 18.9 Å². The van der Waals surface area contributed by atoms with E-state index in [1.807, 2.05) is 0 Å². The number of rotatable bonds is 0. The van der Waals surface area contributed by atoms with Crippen molar-refractivity contribution in [2.24, 2.45) is 0 Å². The van der Waals surface area contributed by atoms with Crippen LogP contribution in [0.2, 0.25) is 0 Å². The zero-order chi connectivity index (χ0) is 5.11. The number of nitrogen functional groups attached to an aromatic ring is 1. The SMILES string of the molecule is Nc1ncccn1.[LiH]. The number of aromatic nitrogens is 2. The summed E-state index contributed by atoms with van der Waals surface area (Å²) < 4.78 is 0. The topological polar surface area (TPSA) is 51.8 Å². The molecule has 0 saturated carbocycles. The van der Waals surface area contributed by atoms with E-state index >= 15 is 0 Å². The molecule has 0 radical (unpaired) electrons. The maximum atomic E-state index is 5.14. The summed E-state index contributed by atoms with van der Waals surface area (Å²) in [4.78, 5) is 7.29. The number of nitrogens with two attached hydrogens (primary N) is 1. The molecular formula is C4H6LiN3. The minimum atomic E-state index is 0. The minimum absolute atomic E-state index is 0. The molecule has 0 aliphatic rings. The molecule has 0 saturated heterocycles. The van der Waals surface area contributed by atoms with Crippen LogP contribution < -0.4 is 5.73 Å². The van der Waals surface area contributed by atoms with Gasteiger partial charge in [-0.3, -0.25) is 0 Å². The number of hydrogen-bond donors (Lipinski definition) is 1. The summed E-state index contributed by atoms with van der Waals surface area (Å²) in [7, 11) is 0. The Morgan fingerprint density at radius 1 is 1.25 bits per heavy atom. The quantitative estimate of drug-likeness (QED) is 0.446. The van der Waals surface area contributed by atoms with Gasteiger partial charge in [-0.1, -0.05) is 0 Å². The molecule has 0 amide bonds. The van der Waals surface area contributed by atoms with E-state index in [1.165, 1.54) is 0 Å². The third kappa shape index (κ3) is 1.96. The predicted octanol–water partition coefficient (Wildman–Crippen LogP) is -0.590. The van der Waals surface area contributed by atoms with Crippen molar-refractivity contribution in [1.82, 2.24) is 9.97 Å². The molecule has 1 aromatic heterocycles. The van der Waals surface area contributed by atoms with Crippen molar-refractivity contribution in [3.63, 3.8) is 0 Å². The molecule has 0 aromatic carbocycles. The van der Waals surface area contributed by atoms with Gasteiger partial charge in [0.15, 0.2) is 0 Å². The second kappa shape index (κ2) is 3.48. The number of anilines is 1. The molecule has 1 aromatic rings. The van der Waals surface area contributed by atoms with Crippen molar-refractivity contribution in [3.05, 3.63) is 18.5 Å². The van der Waals surface area contributed by atoms with Gasteiger partial charge in [0.25, 0.3) is 0 Å². The van der Waals surface area contributed by atoms with Crippen LogP contribution in [0.3, 0.4) is 0 Å². The molecule has 0 bridgehead atoms. The summed E-state index contributed by atoms with van der Waals surface area (Å²) in [5.74, 6) is 0.322. The van der Waals surface area contributed by atoms with Gasteiger partial charge in [-0.15, -0.1) is 0 Å². The summed E-state index contributed by atoms with van der Waals surface area (Å²) in [6.07, 6.45) is 3.20. The van der Waals surface area contributed by atoms with E-state index in [9.17, 15) is 0 Å². The van der Waals surface area contributed by atoms with Crippen molar-refractivity contribution in [3.8, 4) is 0 Å². The van der Waals surface area contributed by atoms with Gasteiger partial charge < -0.3 is 5.73 Å². The molecule has 0 aliphatic carbocycles. The average Bonchev–Trinajstić information content (AvgIpc) is 1.69. The van der Waals surface area contributed by atoms with Crippen molar-refractivity contribution >= 4 is 24.8 Å². The zero-order valence-electron chi connectivity index (χ0n) is 3.70. The first kappa shape index (κ1) is 7.48. The molecule has 0 aliphatic heterocycles. The molecule has 2 N–H and O–H groups in total. The Bertz CT molecular complexity index is 141. The molecule has 1 heterocycles. The molecule has 0 fully saturated rings. The molecule has 3 nitrogen and oxygen atoms in total. The van der Waals surface area contributed by atoms with Crippen LogP contribution in [0.5, 0.6) is 0 Å². The van der Waals surface area contributed by atoms with E-state index in [0.29, 0.717) is 5.95 Å². The van der Waals surface area contributed by atoms with E-state index in [2.05, 4.69) is 9.97 Å². The van der Waals surface area contributed by atoms with Crippen molar-refractivity contribution in [2.45, 2.75) is 0 Å². The van der Waals surface area contributed by atoms with Crippen LogP contribution in [0.1, 0.15) is 0 Å². The molecule has 4 heteroatoms. The fourth-order valence-corrected chi connectivity index (χ4v) is 0.311. The summed E-state index contributed by atoms with van der Waals surface area (Å²) in [5.41, 5.74) is 5.14. The average molecular weight is 103 g/mol. The second-order valence-corrected chi connectivity index (χ2v) is 1.11. The Hall–Kier alpha value is -0.523. The maximum absolute atomic E-state index is 5.14. The van der Waals surface area contributed by atoms with Gasteiger partial charge >= 0.3 is 18.9 Å². The summed E-state index contributed by atoms with van der Waals surface area (Å²) in [5, 5.41) is 0. The van der Waals surface area contributed by atoms with Crippen LogP contribution in [0, 0.1) is 0 Å². The van der Waals surface area contributed by atoms with E-state index < -0.39 is 0 Å². The summed E-state index contributed by atoms with van der Waals surface area (Å²) >= 11 is 0. The third-order valence-corrected chi connectivity index (χ3v) is 0.586. The van der Waals surface area contributed by atoms with Crippen molar-refractivity contribution < 1.29 is 0 Å². The third-order valence-electron chi connectivity index (χ3n) is 0.586. The van der Waals surface area contributed by atoms with Crippen molar-refractivity contribution in [1.29, 1.82) is 0 Å². The van der Waals surface area contributed by atoms with Crippen molar-refractivity contribution in [2.75, 3.05) is 5.73 Å². The van der Waals surface area contributed by atoms with E-state index in [1.54, 1.807) is 18.5 Å². The normalized spacial score (nSPS) is 7.50. The number of hydrogen-bond acceptors (Lipinski definition) is 3. The van der Waals surface area contributed by atoms with Gasteiger partial charge in [0.2, 0.25) is 5.95 Å².